The highest BCUT2D eigenvalue weighted by molar-refractivity contribution is 7.81. The number of aryl methyl sites for hydroxylation is 1. The summed E-state index contributed by atoms with van der Waals surface area (Å²) >= 11 is 5.57. The van der Waals surface area contributed by atoms with E-state index in [0.717, 1.165) is 27.9 Å². The Hall–Kier alpha value is -3.49. The van der Waals surface area contributed by atoms with Crippen molar-refractivity contribution in [3.63, 3.8) is 0 Å². The van der Waals surface area contributed by atoms with Gasteiger partial charge in [-0.15, -0.1) is 0 Å². The number of halogens is 3. The predicted molar refractivity (Wildman–Crippen MR) is 124 cm³/mol. The normalized spacial score (nSPS) is 15.9. The highest BCUT2D eigenvalue weighted by Crippen LogP contribution is 2.40. The number of aliphatic hydroxyl groups excluding tert-OH is 1. The topological polar surface area (TPSA) is 85.4 Å². The lowest BCUT2D eigenvalue weighted by Gasteiger charge is -2.29. The number of anilines is 2. The monoisotopic (exact) mass is 487 g/mol. The first-order valence-corrected chi connectivity index (χ1v) is 10.8. The summed E-state index contributed by atoms with van der Waals surface area (Å²) in [6.07, 6.45) is -2.55. The molecule has 0 radical (unpaired) electrons. The first kappa shape index (κ1) is 23.7. The molecule has 1 aliphatic rings. The van der Waals surface area contributed by atoms with E-state index in [4.69, 9.17) is 22.6 Å². The fourth-order valence-corrected chi connectivity index (χ4v) is 4.59. The number of amides is 1. The molecule has 0 atom stereocenters. The molecule has 4 rings (SSSR count). The molecule has 1 amide bonds. The van der Waals surface area contributed by atoms with Gasteiger partial charge < -0.3 is 10.0 Å². The Balaban J connectivity index is 1.76. The van der Waals surface area contributed by atoms with Crippen LogP contribution in [0.1, 0.15) is 31.4 Å². The minimum absolute atomic E-state index is 0.0276. The zero-order valence-corrected chi connectivity index (χ0v) is 19.1. The van der Waals surface area contributed by atoms with Crippen molar-refractivity contribution in [2.75, 3.05) is 16.4 Å². The number of aliphatic hydroxyl groups is 1. The Labute approximate surface area is 198 Å². The van der Waals surface area contributed by atoms with Crippen molar-refractivity contribution in [3.8, 4) is 6.07 Å². The maximum absolute atomic E-state index is 13.5. The van der Waals surface area contributed by atoms with E-state index < -0.39 is 28.7 Å². The van der Waals surface area contributed by atoms with Crippen LogP contribution in [0.25, 0.3) is 10.9 Å². The van der Waals surface area contributed by atoms with E-state index >= 15 is 0 Å². The van der Waals surface area contributed by atoms with E-state index in [9.17, 15) is 18.0 Å². The third-order valence-corrected chi connectivity index (χ3v) is 6.13. The third kappa shape index (κ3) is 3.78. The molecule has 2 aromatic carbocycles. The van der Waals surface area contributed by atoms with Gasteiger partial charge in [-0.3, -0.25) is 14.4 Å². The van der Waals surface area contributed by atoms with E-state index in [1.807, 2.05) is 12.1 Å². The first-order valence-electron chi connectivity index (χ1n) is 10.4. The van der Waals surface area contributed by atoms with E-state index in [1.54, 1.807) is 35.7 Å². The van der Waals surface area contributed by atoms with Crippen molar-refractivity contribution in [2.24, 2.45) is 0 Å². The quantitative estimate of drug-likeness (QED) is 0.543. The fourth-order valence-electron chi connectivity index (χ4n) is 4.07. The molecule has 11 heteroatoms. The molecule has 3 aromatic rings. The Morgan fingerprint density at radius 2 is 1.88 bits per heavy atom. The maximum atomic E-state index is 13.5. The Kier molecular flexibility index (Phi) is 5.83. The van der Waals surface area contributed by atoms with Gasteiger partial charge >= 0.3 is 6.18 Å². The number of rotatable bonds is 5. The lowest BCUT2D eigenvalue weighted by molar-refractivity contribution is -0.137. The molecule has 0 unspecified atom stereocenters. The van der Waals surface area contributed by atoms with Crippen LogP contribution in [0.15, 0.2) is 42.6 Å². The molecule has 34 heavy (non-hydrogen) atoms. The van der Waals surface area contributed by atoms with Crippen molar-refractivity contribution in [3.05, 3.63) is 53.7 Å². The van der Waals surface area contributed by atoms with Crippen molar-refractivity contribution in [1.29, 1.82) is 5.26 Å². The Morgan fingerprint density at radius 1 is 1.18 bits per heavy atom. The number of benzene rings is 2. The zero-order valence-electron chi connectivity index (χ0n) is 18.3. The van der Waals surface area contributed by atoms with E-state index in [2.05, 4.69) is 5.10 Å². The van der Waals surface area contributed by atoms with Crippen molar-refractivity contribution in [1.82, 2.24) is 9.78 Å². The van der Waals surface area contributed by atoms with Gasteiger partial charge in [0.2, 0.25) is 0 Å². The second-order valence-electron chi connectivity index (χ2n) is 8.35. The molecule has 1 aliphatic heterocycles. The Morgan fingerprint density at radius 3 is 2.53 bits per heavy atom. The molecule has 1 aromatic heterocycles. The summed E-state index contributed by atoms with van der Waals surface area (Å²) in [7, 11) is 0. The average Bonchev–Trinajstić information content (AvgIpc) is 3.26. The summed E-state index contributed by atoms with van der Waals surface area (Å²) in [5.41, 5.74) is -1.47. The zero-order chi connectivity index (χ0) is 24.8. The molecule has 0 spiro atoms. The van der Waals surface area contributed by atoms with Crippen LogP contribution >= 0.6 is 12.2 Å². The standard InChI is InChI=1S/C23H20F3N5O2S/c1-22(2)20(33)30(16-5-4-14(12-27)18(11-16)23(24,25)26)21(34)31(22)17-6-7-19-15(10-17)13-28-29(19)8-3-9-32/h4-7,10-11,13,32H,3,8-9H2,1-2H3. The summed E-state index contributed by atoms with van der Waals surface area (Å²) in [6, 6.07) is 10.0. The number of nitrogens with zero attached hydrogens (tertiary/aromatic N) is 5. The number of nitriles is 1. The average molecular weight is 488 g/mol. The van der Waals surface area contributed by atoms with Gasteiger partial charge in [0, 0.05) is 24.2 Å². The second-order valence-corrected chi connectivity index (χ2v) is 8.71. The van der Waals surface area contributed by atoms with Gasteiger partial charge in [-0.25, -0.2) is 0 Å². The number of fused-ring (bicyclic) bond motifs is 1. The van der Waals surface area contributed by atoms with Crippen molar-refractivity contribution < 1.29 is 23.1 Å². The minimum Gasteiger partial charge on any atom is -0.396 e. The third-order valence-electron chi connectivity index (χ3n) is 5.77. The highest BCUT2D eigenvalue weighted by Gasteiger charge is 2.50. The van der Waals surface area contributed by atoms with Crippen molar-refractivity contribution >= 4 is 45.5 Å². The molecule has 1 fully saturated rings. The van der Waals surface area contributed by atoms with Gasteiger partial charge in [0.1, 0.15) is 5.54 Å². The molecule has 0 saturated carbocycles. The smallest absolute Gasteiger partial charge is 0.396 e. The van der Waals surface area contributed by atoms with Crippen LogP contribution in [0.3, 0.4) is 0 Å². The molecular formula is C23H20F3N5O2S. The summed E-state index contributed by atoms with van der Waals surface area (Å²) in [6.45, 7) is 3.87. The summed E-state index contributed by atoms with van der Waals surface area (Å²) < 4.78 is 42.3. The van der Waals surface area contributed by atoms with Gasteiger partial charge in [0.15, 0.2) is 5.11 Å². The number of hydrogen-bond donors (Lipinski definition) is 1. The number of carbonyl (C=O) groups excluding carboxylic acids is 1. The molecular weight excluding hydrogens is 467 g/mol. The summed E-state index contributed by atoms with van der Waals surface area (Å²) in [4.78, 5) is 16.0. The van der Waals surface area contributed by atoms with Gasteiger partial charge in [0.05, 0.1) is 34.6 Å². The summed E-state index contributed by atoms with van der Waals surface area (Å²) in [5, 5.41) is 23.3. The van der Waals surface area contributed by atoms with Gasteiger partial charge in [-0.1, -0.05) is 0 Å². The van der Waals surface area contributed by atoms with Crippen LogP contribution in [0.4, 0.5) is 24.5 Å². The largest absolute Gasteiger partial charge is 0.417 e. The van der Waals surface area contributed by atoms with E-state index in [1.165, 1.54) is 12.1 Å². The number of alkyl halides is 3. The fraction of sp³-hybridized carbons (Fsp3) is 0.304. The second kappa shape index (κ2) is 8.38. The number of aromatic nitrogens is 2. The molecule has 0 aliphatic carbocycles. The van der Waals surface area contributed by atoms with E-state index in [0.29, 0.717) is 18.7 Å². The number of thiocarbonyl (C=S) groups is 1. The first-order chi connectivity index (χ1) is 16.0. The van der Waals surface area contributed by atoms with Crippen LogP contribution in [0.5, 0.6) is 0 Å². The van der Waals surface area contributed by atoms with Gasteiger partial charge in [0.25, 0.3) is 5.91 Å². The van der Waals surface area contributed by atoms with Crippen molar-refractivity contribution in [2.45, 2.75) is 38.5 Å². The molecule has 1 N–H and O–H groups in total. The molecule has 1 saturated heterocycles. The van der Waals surface area contributed by atoms with Crippen LogP contribution in [0, 0.1) is 11.3 Å². The maximum Gasteiger partial charge on any atom is 0.417 e. The molecule has 7 nitrogen and oxygen atoms in total. The lowest BCUT2D eigenvalue weighted by Crippen LogP contribution is -2.44. The van der Waals surface area contributed by atoms with Crippen LogP contribution in [-0.2, 0) is 17.5 Å². The minimum atomic E-state index is -4.76. The van der Waals surface area contributed by atoms with Gasteiger partial charge in [-0.05, 0) is 68.9 Å². The molecule has 176 valence electrons. The Bertz CT molecular complexity index is 1340. The SMILES string of the molecule is CC1(C)C(=O)N(c2ccc(C#N)c(C(F)(F)F)c2)C(=S)N1c1ccc2c(cnn2CCCO)c1. The molecule has 2 heterocycles. The van der Waals surface area contributed by atoms with Crippen LogP contribution in [-0.4, -0.2) is 38.1 Å². The van der Waals surface area contributed by atoms with Gasteiger partial charge in [-0.2, -0.15) is 23.5 Å². The number of hydrogen-bond acceptors (Lipinski definition) is 5. The number of carbonyl (C=O) groups is 1. The lowest BCUT2D eigenvalue weighted by atomic mass is 10.0. The van der Waals surface area contributed by atoms with Crippen LogP contribution in [0.2, 0.25) is 0 Å². The predicted octanol–water partition coefficient (Wildman–Crippen LogP) is 4.23. The summed E-state index contributed by atoms with van der Waals surface area (Å²) in [5.74, 6) is -0.492. The molecule has 0 bridgehead atoms. The van der Waals surface area contributed by atoms with Crippen LogP contribution < -0.4 is 9.80 Å². The highest BCUT2D eigenvalue weighted by atomic mass is 32.1. The van der Waals surface area contributed by atoms with E-state index in [-0.39, 0.29) is 17.4 Å².